The van der Waals surface area contributed by atoms with Crippen LogP contribution in [0.5, 0.6) is 0 Å². The molecular formula is C7H5ClINO3. The van der Waals surface area contributed by atoms with E-state index in [-0.39, 0.29) is 16.3 Å². The Morgan fingerprint density at radius 3 is 2.69 bits per heavy atom. The van der Waals surface area contributed by atoms with E-state index in [1.807, 2.05) is 22.6 Å². The normalized spacial score (nSPS) is 10.1. The summed E-state index contributed by atoms with van der Waals surface area (Å²) in [6.45, 7) is -0.425. The molecule has 1 N–H and O–H groups in total. The van der Waals surface area contributed by atoms with Crippen LogP contribution < -0.4 is 0 Å². The predicted molar refractivity (Wildman–Crippen MR) is 56.7 cm³/mol. The van der Waals surface area contributed by atoms with E-state index < -0.39 is 11.5 Å². The van der Waals surface area contributed by atoms with Crippen LogP contribution in [0.25, 0.3) is 0 Å². The molecule has 1 rings (SSSR count). The average molecular weight is 313 g/mol. The van der Waals surface area contributed by atoms with Crippen molar-refractivity contribution >= 4 is 39.9 Å². The van der Waals surface area contributed by atoms with Crippen molar-refractivity contribution in [3.63, 3.8) is 0 Å². The molecule has 0 aliphatic rings. The topological polar surface area (TPSA) is 63.4 Å². The second-order valence-electron chi connectivity index (χ2n) is 2.30. The molecule has 0 unspecified atom stereocenters. The van der Waals surface area contributed by atoms with E-state index in [2.05, 4.69) is 0 Å². The molecule has 4 nitrogen and oxygen atoms in total. The molecule has 0 fully saturated rings. The molecule has 0 saturated heterocycles. The van der Waals surface area contributed by atoms with Gasteiger partial charge in [-0.15, -0.1) is 0 Å². The lowest BCUT2D eigenvalue weighted by Crippen LogP contribution is -1.97. The fraction of sp³-hybridized carbons (Fsp3) is 0.143. The first-order chi connectivity index (χ1) is 6.06. The van der Waals surface area contributed by atoms with E-state index in [1.54, 1.807) is 6.07 Å². The SMILES string of the molecule is O=[N+]([O-])c1cc(I)cc(Cl)c1CO. The van der Waals surface area contributed by atoms with Crippen LogP contribution in [0.15, 0.2) is 12.1 Å². The Hall–Kier alpha value is -0.400. The number of aliphatic hydroxyl groups is 1. The van der Waals surface area contributed by atoms with Crippen molar-refractivity contribution in [2.75, 3.05) is 0 Å². The molecule has 0 aliphatic heterocycles. The Bertz CT molecular complexity index is 356. The number of nitro benzene ring substituents is 1. The minimum Gasteiger partial charge on any atom is -0.391 e. The van der Waals surface area contributed by atoms with E-state index >= 15 is 0 Å². The molecule has 0 saturated carbocycles. The third-order valence-electron chi connectivity index (χ3n) is 1.49. The number of benzene rings is 1. The standard InChI is InChI=1S/C7H5ClINO3/c8-6-1-4(9)2-7(10(12)13)5(6)3-11/h1-2,11H,3H2. The molecule has 0 atom stereocenters. The van der Waals surface area contributed by atoms with Gasteiger partial charge in [-0.3, -0.25) is 10.1 Å². The summed E-state index contributed by atoms with van der Waals surface area (Å²) in [5.41, 5.74) is 0.0199. The fourth-order valence-electron chi connectivity index (χ4n) is 0.909. The molecule has 0 heterocycles. The molecular weight excluding hydrogens is 308 g/mol. The van der Waals surface area contributed by atoms with E-state index in [0.717, 1.165) is 0 Å². The summed E-state index contributed by atoms with van der Waals surface area (Å²) in [6.07, 6.45) is 0. The van der Waals surface area contributed by atoms with E-state index in [0.29, 0.717) is 3.57 Å². The quantitative estimate of drug-likeness (QED) is 0.518. The largest absolute Gasteiger partial charge is 0.391 e. The fourth-order valence-corrected chi connectivity index (χ4v) is 1.97. The Morgan fingerprint density at radius 2 is 2.23 bits per heavy atom. The zero-order valence-electron chi connectivity index (χ0n) is 6.33. The minimum atomic E-state index is -0.556. The summed E-state index contributed by atoms with van der Waals surface area (Å²) < 4.78 is 0.673. The third kappa shape index (κ3) is 2.29. The van der Waals surface area contributed by atoms with Crippen LogP contribution >= 0.6 is 34.2 Å². The molecule has 0 spiro atoms. The maximum atomic E-state index is 10.5. The summed E-state index contributed by atoms with van der Waals surface area (Å²) in [5, 5.41) is 19.6. The van der Waals surface area contributed by atoms with Crippen LogP contribution in [0.2, 0.25) is 5.02 Å². The Kier molecular flexibility index (Phi) is 3.46. The zero-order valence-corrected chi connectivity index (χ0v) is 9.24. The highest BCUT2D eigenvalue weighted by Crippen LogP contribution is 2.28. The molecule has 6 heteroatoms. The summed E-state index contributed by atoms with van der Waals surface area (Å²) >= 11 is 7.64. The van der Waals surface area contributed by atoms with Gasteiger partial charge in [0.25, 0.3) is 5.69 Å². The van der Waals surface area contributed by atoms with Gasteiger partial charge in [-0.25, -0.2) is 0 Å². The second-order valence-corrected chi connectivity index (χ2v) is 3.95. The van der Waals surface area contributed by atoms with Crippen molar-refractivity contribution in [2.45, 2.75) is 6.61 Å². The third-order valence-corrected chi connectivity index (χ3v) is 2.45. The van der Waals surface area contributed by atoms with Gasteiger partial charge < -0.3 is 5.11 Å². The van der Waals surface area contributed by atoms with Crippen molar-refractivity contribution < 1.29 is 10.0 Å². The average Bonchev–Trinajstić information content (AvgIpc) is 2.02. The van der Waals surface area contributed by atoms with Gasteiger partial charge in [0.05, 0.1) is 22.1 Å². The van der Waals surface area contributed by atoms with Crippen molar-refractivity contribution in [2.24, 2.45) is 0 Å². The highest BCUT2D eigenvalue weighted by atomic mass is 127. The maximum absolute atomic E-state index is 10.5. The van der Waals surface area contributed by atoms with E-state index in [1.165, 1.54) is 6.07 Å². The van der Waals surface area contributed by atoms with Crippen molar-refractivity contribution in [3.8, 4) is 0 Å². The van der Waals surface area contributed by atoms with Crippen LogP contribution in [0.4, 0.5) is 5.69 Å². The number of nitro groups is 1. The van der Waals surface area contributed by atoms with Gasteiger partial charge in [-0.05, 0) is 28.7 Å². The summed E-state index contributed by atoms with van der Waals surface area (Å²) in [5.74, 6) is 0. The van der Waals surface area contributed by atoms with Gasteiger partial charge in [-0.2, -0.15) is 0 Å². The van der Waals surface area contributed by atoms with Gasteiger partial charge in [0.15, 0.2) is 0 Å². The van der Waals surface area contributed by atoms with Crippen LogP contribution in [0, 0.1) is 13.7 Å². The molecule has 0 bridgehead atoms. The lowest BCUT2D eigenvalue weighted by molar-refractivity contribution is -0.385. The monoisotopic (exact) mass is 313 g/mol. The number of halogens is 2. The first kappa shape index (κ1) is 10.7. The Labute approximate surface area is 92.8 Å². The smallest absolute Gasteiger partial charge is 0.277 e. The number of hydrogen-bond acceptors (Lipinski definition) is 3. The number of rotatable bonds is 2. The van der Waals surface area contributed by atoms with Gasteiger partial charge >= 0.3 is 0 Å². The molecule has 0 aromatic heterocycles. The Balaban J connectivity index is 3.38. The van der Waals surface area contributed by atoms with Crippen molar-refractivity contribution in [1.29, 1.82) is 0 Å². The van der Waals surface area contributed by atoms with Gasteiger partial charge in [0.2, 0.25) is 0 Å². The van der Waals surface area contributed by atoms with Crippen LogP contribution in [-0.4, -0.2) is 10.0 Å². The Morgan fingerprint density at radius 1 is 1.62 bits per heavy atom. The predicted octanol–water partition coefficient (Wildman–Crippen LogP) is 2.35. The molecule has 0 radical (unpaired) electrons. The van der Waals surface area contributed by atoms with Crippen molar-refractivity contribution in [1.82, 2.24) is 0 Å². The molecule has 1 aromatic rings. The van der Waals surface area contributed by atoms with E-state index in [4.69, 9.17) is 16.7 Å². The first-order valence-corrected chi connectivity index (χ1v) is 4.75. The lowest BCUT2D eigenvalue weighted by Gasteiger charge is -2.02. The molecule has 1 aromatic carbocycles. The van der Waals surface area contributed by atoms with Crippen LogP contribution in [0.1, 0.15) is 5.56 Å². The molecule has 70 valence electrons. The van der Waals surface area contributed by atoms with Gasteiger partial charge in [0, 0.05) is 9.64 Å². The minimum absolute atomic E-state index is 0.139. The highest BCUT2D eigenvalue weighted by molar-refractivity contribution is 14.1. The summed E-state index contributed by atoms with van der Waals surface area (Å²) in [4.78, 5) is 9.96. The summed E-state index contributed by atoms with van der Waals surface area (Å²) in [6, 6.07) is 2.94. The molecule has 0 amide bonds. The molecule has 0 aliphatic carbocycles. The number of hydrogen-bond donors (Lipinski definition) is 1. The summed E-state index contributed by atoms with van der Waals surface area (Å²) in [7, 11) is 0. The highest BCUT2D eigenvalue weighted by Gasteiger charge is 2.17. The second kappa shape index (κ2) is 4.21. The van der Waals surface area contributed by atoms with Crippen LogP contribution in [-0.2, 0) is 6.61 Å². The number of nitrogens with zero attached hydrogens (tertiary/aromatic N) is 1. The molecule has 13 heavy (non-hydrogen) atoms. The zero-order chi connectivity index (χ0) is 10.0. The van der Waals surface area contributed by atoms with E-state index in [9.17, 15) is 10.1 Å². The number of aliphatic hydroxyl groups excluding tert-OH is 1. The lowest BCUT2D eigenvalue weighted by atomic mass is 10.2. The maximum Gasteiger partial charge on any atom is 0.277 e. The van der Waals surface area contributed by atoms with Gasteiger partial charge in [-0.1, -0.05) is 11.6 Å². The first-order valence-electron chi connectivity index (χ1n) is 3.29. The van der Waals surface area contributed by atoms with Crippen LogP contribution in [0.3, 0.4) is 0 Å². The van der Waals surface area contributed by atoms with Gasteiger partial charge in [0.1, 0.15) is 0 Å². The van der Waals surface area contributed by atoms with Crippen molar-refractivity contribution in [3.05, 3.63) is 36.4 Å².